The summed E-state index contributed by atoms with van der Waals surface area (Å²) in [5.74, 6) is 0.542. The summed E-state index contributed by atoms with van der Waals surface area (Å²) in [5, 5.41) is 3.91. The third-order valence-electron chi connectivity index (χ3n) is 2.64. The fraction of sp³-hybridized carbons (Fsp3) is 0.500. The van der Waals surface area contributed by atoms with Gasteiger partial charge in [-0.3, -0.25) is 4.79 Å². The molecule has 1 rings (SSSR count). The summed E-state index contributed by atoms with van der Waals surface area (Å²) in [4.78, 5) is 11.0. The van der Waals surface area contributed by atoms with Gasteiger partial charge in [-0.2, -0.15) is 0 Å². The number of rotatable bonds is 8. The van der Waals surface area contributed by atoms with E-state index in [-0.39, 0.29) is 5.97 Å². The average Bonchev–Trinajstić information content (AvgIpc) is 2.42. The molecule has 1 aromatic carbocycles. The van der Waals surface area contributed by atoms with E-state index in [0.29, 0.717) is 31.0 Å². The monoisotopic (exact) mass is 285 g/mol. The first-order valence-electron chi connectivity index (χ1n) is 6.36. The van der Waals surface area contributed by atoms with Gasteiger partial charge in [0.05, 0.1) is 13.7 Å². The van der Waals surface area contributed by atoms with Crippen LogP contribution in [0.25, 0.3) is 0 Å². The molecule has 0 aromatic heterocycles. The van der Waals surface area contributed by atoms with Crippen molar-refractivity contribution < 1.29 is 14.3 Å². The third-order valence-corrected chi connectivity index (χ3v) is 2.99. The van der Waals surface area contributed by atoms with Gasteiger partial charge in [-0.15, -0.1) is 0 Å². The molecular formula is C14H20ClNO3. The lowest BCUT2D eigenvalue weighted by molar-refractivity contribution is -0.140. The minimum atomic E-state index is -0.220. The van der Waals surface area contributed by atoms with Gasteiger partial charge in [-0.25, -0.2) is 0 Å². The van der Waals surface area contributed by atoms with Crippen molar-refractivity contribution >= 4 is 17.6 Å². The van der Waals surface area contributed by atoms with Crippen molar-refractivity contribution in [3.8, 4) is 5.75 Å². The van der Waals surface area contributed by atoms with E-state index in [1.165, 1.54) is 7.11 Å². The van der Waals surface area contributed by atoms with Crippen molar-refractivity contribution in [2.75, 3.05) is 20.3 Å². The summed E-state index contributed by atoms with van der Waals surface area (Å²) in [6, 6.07) is 5.58. The standard InChI is InChI=1S/C14H20ClNO3/c1-3-16-10-11-12(15)6-4-7-13(11)19-9-5-8-14(17)18-2/h4,6-7,16H,3,5,8-10H2,1-2H3. The summed E-state index contributed by atoms with van der Waals surface area (Å²) in [7, 11) is 1.38. The molecule has 0 spiro atoms. The Labute approximate surface area is 119 Å². The molecule has 0 heterocycles. The Bertz CT molecular complexity index is 410. The first-order chi connectivity index (χ1) is 9.19. The number of benzene rings is 1. The van der Waals surface area contributed by atoms with E-state index in [0.717, 1.165) is 17.9 Å². The summed E-state index contributed by atoms with van der Waals surface area (Å²) in [5.41, 5.74) is 0.948. The highest BCUT2D eigenvalue weighted by molar-refractivity contribution is 6.31. The number of carbonyl (C=O) groups excluding carboxylic acids is 1. The van der Waals surface area contributed by atoms with Gasteiger partial charge >= 0.3 is 5.97 Å². The SMILES string of the molecule is CCNCc1c(Cl)cccc1OCCCC(=O)OC. The highest BCUT2D eigenvalue weighted by Gasteiger charge is 2.08. The van der Waals surface area contributed by atoms with Gasteiger partial charge in [0.25, 0.3) is 0 Å². The van der Waals surface area contributed by atoms with Crippen LogP contribution in [0.4, 0.5) is 0 Å². The van der Waals surface area contributed by atoms with Crippen LogP contribution in [-0.4, -0.2) is 26.2 Å². The highest BCUT2D eigenvalue weighted by Crippen LogP contribution is 2.26. The van der Waals surface area contributed by atoms with Crippen LogP contribution in [0.15, 0.2) is 18.2 Å². The number of nitrogens with one attached hydrogen (secondary N) is 1. The van der Waals surface area contributed by atoms with Crippen LogP contribution in [0, 0.1) is 0 Å². The Morgan fingerprint density at radius 3 is 2.89 bits per heavy atom. The Morgan fingerprint density at radius 1 is 1.42 bits per heavy atom. The Balaban J connectivity index is 2.52. The number of methoxy groups -OCH3 is 1. The fourth-order valence-corrected chi connectivity index (χ4v) is 1.83. The third kappa shape index (κ3) is 5.49. The van der Waals surface area contributed by atoms with Gasteiger partial charge < -0.3 is 14.8 Å². The predicted octanol–water partition coefficient (Wildman–Crippen LogP) is 2.78. The van der Waals surface area contributed by atoms with Crippen LogP contribution in [0.2, 0.25) is 5.02 Å². The first-order valence-corrected chi connectivity index (χ1v) is 6.74. The zero-order chi connectivity index (χ0) is 14.1. The fourth-order valence-electron chi connectivity index (χ4n) is 1.60. The van der Waals surface area contributed by atoms with Gasteiger partial charge in [-0.1, -0.05) is 24.6 Å². The normalized spacial score (nSPS) is 10.3. The molecule has 0 fully saturated rings. The van der Waals surface area contributed by atoms with E-state index in [1.54, 1.807) is 0 Å². The largest absolute Gasteiger partial charge is 0.493 e. The van der Waals surface area contributed by atoms with E-state index >= 15 is 0 Å². The quantitative estimate of drug-likeness (QED) is 0.589. The van der Waals surface area contributed by atoms with Crippen LogP contribution < -0.4 is 10.1 Å². The van der Waals surface area contributed by atoms with E-state index in [9.17, 15) is 4.79 Å². The van der Waals surface area contributed by atoms with E-state index in [2.05, 4.69) is 10.1 Å². The number of hydrogen-bond donors (Lipinski definition) is 1. The molecule has 106 valence electrons. The van der Waals surface area contributed by atoms with Crippen LogP contribution in [-0.2, 0) is 16.1 Å². The van der Waals surface area contributed by atoms with Crippen LogP contribution in [0.1, 0.15) is 25.3 Å². The summed E-state index contributed by atoms with van der Waals surface area (Å²) in [6.45, 7) is 4.04. The maximum absolute atomic E-state index is 11.0. The Hall–Kier alpha value is -1.26. The molecule has 1 N–H and O–H groups in total. The number of ether oxygens (including phenoxy) is 2. The second-order valence-electron chi connectivity index (χ2n) is 4.03. The maximum Gasteiger partial charge on any atom is 0.305 e. The molecule has 0 saturated carbocycles. The molecule has 0 unspecified atom stereocenters. The van der Waals surface area contributed by atoms with Crippen LogP contribution in [0.5, 0.6) is 5.75 Å². The zero-order valence-corrected chi connectivity index (χ0v) is 12.1. The molecular weight excluding hydrogens is 266 g/mol. The highest BCUT2D eigenvalue weighted by atomic mass is 35.5. The van der Waals surface area contributed by atoms with Gasteiger partial charge in [0.2, 0.25) is 0 Å². The molecule has 0 bridgehead atoms. The molecule has 0 aliphatic heterocycles. The summed E-state index contributed by atoms with van der Waals surface area (Å²) < 4.78 is 10.3. The Morgan fingerprint density at radius 2 is 2.21 bits per heavy atom. The minimum absolute atomic E-state index is 0.220. The van der Waals surface area contributed by atoms with E-state index < -0.39 is 0 Å². The van der Waals surface area contributed by atoms with Gasteiger partial charge in [0, 0.05) is 23.6 Å². The molecule has 0 atom stereocenters. The average molecular weight is 286 g/mol. The predicted molar refractivity (Wildman–Crippen MR) is 75.6 cm³/mol. The lowest BCUT2D eigenvalue weighted by atomic mass is 10.2. The number of carbonyl (C=O) groups is 1. The Kier molecular flexibility index (Phi) is 7.30. The van der Waals surface area contributed by atoms with Crippen molar-refractivity contribution in [1.29, 1.82) is 0 Å². The second-order valence-corrected chi connectivity index (χ2v) is 4.43. The molecule has 0 radical (unpaired) electrons. The molecule has 5 heteroatoms. The molecule has 19 heavy (non-hydrogen) atoms. The van der Waals surface area contributed by atoms with Crippen molar-refractivity contribution in [1.82, 2.24) is 5.32 Å². The summed E-state index contributed by atoms with van der Waals surface area (Å²) >= 11 is 6.16. The van der Waals surface area contributed by atoms with E-state index in [4.69, 9.17) is 16.3 Å². The zero-order valence-electron chi connectivity index (χ0n) is 11.4. The van der Waals surface area contributed by atoms with Crippen LogP contribution in [0.3, 0.4) is 0 Å². The first kappa shape index (κ1) is 15.8. The van der Waals surface area contributed by atoms with E-state index in [1.807, 2.05) is 25.1 Å². The van der Waals surface area contributed by atoms with Crippen molar-refractivity contribution in [2.24, 2.45) is 0 Å². The molecule has 1 aromatic rings. The lowest BCUT2D eigenvalue weighted by Crippen LogP contribution is -2.13. The molecule has 0 aliphatic rings. The molecule has 0 aliphatic carbocycles. The molecule has 4 nitrogen and oxygen atoms in total. The smallest absolute Gasteiger partial charge is 0.305 e. The van der Waals surface area contributed by atoms with Gasteiger partial charge in [-0.05, 0) is 25.1 Å². The van der Waals surface area contributed by atoms with Crippen LogP contribution >= 0.6 is 11.6 Å². The number of halogens is 1. The van der Waals surface area contributed by atoms with Crippen molar-refractivity contribution in [3.05, 3.63) is 28.8 Å². The lowest BCUT2D eigenvalue weighted by Gasteiger charge is -2.13. The molecule has 0 saturated heterocycles. The second kappa shape index (κ2) is 8.77. The topological polar surface area (TPSA) is 47.6 Å². The number of esters is 1. The minimum Gasteiger partial charge on any atom is -0.493 e. The molecule has 0 amide bonds. The van der Waals surface area contributed by atoms with Crippen molar-refractivity contribution in [3.63, 3.8) is 0 Å². The van der Waals surface area contributed by atoms with Gasteiger partial charge in [0.1, 0.15) is 5.75 Å². The van der Waals surface area contributed by atoms with Crippen molar-refractivity contribution in [2.45, 2.75) is 26.3 Å². The number of hydrogen-bond acceptors (Lipinski definition) is 4. The van der Waals surface area contributed by atoms with Gasteiger partial charge in [0.15, 0.2) is 0 Å². The maximum atomic E-state index is 11.0. The summed E-state index contributed by atoms with van der Waals surface area (Å²) in [6.07, 6.45) is 0.986.